The molecular formula is C24H29FN2O2S2. The summed E-state index contributed by atoms with van der Waals surface area (Å²) in [5, 5.41) is 4.20. The molecule has 1 fully saturated rings. The minimum atomic E-state index is -3.78. The first kappa shape index (κ1) is 22.2. The molecular weight excluding hydrogens is 431 g/mol. The third-order valence-corrected chi connectivity index (χ3v) is 9.42. The number of anilines is 1. The van der Waals surface area contributed by atoms with Gasteiger partial charge in [0.25, 0.3) is 10.0 Å². The molecule has 1 atom stereocenters. The number of sulfonamides is 1. The van der Waals surface area contributed by atoms with E-state index >= 15 is 0 Å². The zero-order valence-electron chi connectivity index (χ0n) is 17.9. The number of para-hydroxylation sites is 1. The highest BCUT2D eigenvalue weighted by molar-refractivity contribution is 7.94. The quantitative estimate of drug-likeness (QED) is 0.420. The lowest BCUT2D eigenvalue weighted by Crippen LogP contribution is -2.28. The van der Waals surface area contributed by atoms with Gasteiger partial charge < -0.3 is 5.32 Å². The maximum absolute atomic E-state index is 13.6. The molecule has 0 unspecified atom stereocenters. The Labute approximate surface area is 187 Å². The maximum atomic E-state index is 13.6. The van der Waals surface area contributed by atoms with E-state index in [0.29, 0.717) is 29.2 Å². The first-order valence-electron chi connectivity index (χ1n) is 10.9. The zero-order chi connectivity index (χ0) is 22.0. The first-order valence-corrected chi connectivity index (χ1v) is 13.2. The van der Waals surface area contributed by atoms with E-state index in [9.17, 15) is 12.8 Å². The third-order valence-electron chi connectivity index (χ3n) is 6.16. The topological polar surface area (TPSA) is 58.2 Å². The number of aryl methyl sites for hydroxylation is 1. The van der Waals surface area contributed by atoms with Crippen molar-refractivity contribution in [2.24, 2.45) is 5.92 Å². The van der Waals surface area contributed by atoms with Gasteiger partial charge in [-0.3, -0.25) is 4.72 Å². The Morgan fingerprint density at radius 3 is 2.68 bits per heavy atom. The second-order valence-corrected chi connectivity index (χ2v) is 11.5. The Hall–Kier alpha value is -1.96. The van der Waals surface area contributed by atoms with Crippen molar-refractivity contribution in [3.05, 3.63) is 59.4 Å². The SMILES string of the molecule is Cc1c(S(=O)(=O)Nc2ccccc2CN[C@@H](C)CC2CCCC2)sc2ccc(F)cc12. The molecule has 4 rings (SSSR count). The second-order valence-electron chi connectivity index (χ2n) is 8.59. The Morgan fingerprint density at radius 1 is 1.16 bits per heavy atom. The lowest BCUT2D eigenvalue weighted by molar-refractivity contribution is 0.404. The number of hydrogen-bond donors (Lipinski definition) is 2. The molecule has 2 aromatic carbocycles. The number of nitrogens with one attached hydrogen (secondary N) is 2. The Kier molecular flexibility index (Phi) is 6.65. The van der Waals surface area contributed by atoms with Gasteiger partial charge in [-0.15, -0.1) is 11.3 Å². The smallest absolute Gasteiger partial charge is 0.271 e. The van der Waals surface area contributed by atoms with Crippen molar-refractivity contribution in [2.45, 2.75) is 62.7 Å². The predicted molar refractivity (Wildman–Crippen MR) is 127 cm³/mol. The normalized spacial score (nSPS) is 16.1. The number of benzene rings is 2. The monoisotopic (exact) mass is 460 g/mol. The summed E-state index contributed by atoms with van der Waals surface area (Å²) in [5.74, 6) is 0.436. The van der Waals surface area contributed by atoms with Gasteiger partial charge in [0.05, 0.1) is 5.69 Å². The van der Waals surface area contributed by atoms with Crippen LogP contribution in [0.1, 0.15) is 50.2 Å². The van der Waals surface area contributed by atoms with Crippen LogP contribution in [0.25, 0.3) is 10.1 Å². The van der Waals surface area contributed by atoms with Crippen molar-refractivity contribution in [3.63, 3.8) is 0 Å². The highest BCUT2D eigenvalue weighted by Gasteiger charge is 2.23. The first-order chi connectivity index (χ1) is 14.8. The summed E-state index contributed by atoms with van der Waals surface area (Å²) in [7, 11) is -3.78. The standard InChI is InChI=1S/C24H29FN2O2S2/c1-16(13-18-7-3-4-8-18)26-15-19-9-5-6-10-22(19)27-31(28,29)24-17(2)21-14-20(25)11-12-23(21)30-24/h5-6,9-12,14,16,18,26-27H,3-4,7-8,13,15H2,1-2H3/t16-/m0/s1. The van der Waals surface area contributed by atoms with Crippen molar-refractivity contribution in [1.29, 1.82) is 0 Å². The molecule has 1 aliphatic carbocycles. The molecule has 0 bridgehead atoms. The van der Waals surface area contributed by atoms with E-state index in [1.54, 1.807) is 19.1 Å². The van der Waals surface area contributed by atoms with E-state index in [1.807, 2.05) is 18.2 Å². The molecule has 0 aliphatic heterocycles. The highest BCUT2D eigenvalue weighted by Crippen LogP contribution is 2.35. The van der Waals surface area contributed by atoms with Crippen LogP contribution < -0.4 is 10.0 Å². The summed E-state index contributed by atoms with van der Waals surface area (Å²) in [6, 6.07) is 12.2. The minimum Gasteiger partial charge on any atom is -0.310 e. The minimum absolute atomic E-state index is 0.227. The van der Waals surface area contributed by atoms with Crippen LogP contribution in [-0.2, 0) is 16.6 Å². The Bertz CT molecular complexity index is 1170. The van der Waals surface area contributed by atoms with Crippen LogP contribution in [0.2, 0.25) is 0 Å². The van der Waals surface area contributed by atoms with E-state index < -0.39 is 10.0 Å². The molecule has 0 saturated heterocycles. The van der Waals surface area contributed by atoms with Crippen molar-refractivity contribution >= 4 is 37.1 Å². The summed E-state index contributed by atoms with van der Waals surface area (Å²) in [4.78, 5) is 0. The highest BCUT2D eigenvalue weighted by atomic mass is 32.2. The second kappa shape index (κ2) is 9.27. The fourth-order valence-corrected chi connectivity index (χ4v) is 7.35. The van der Waals surface area contributed by atoms with Crippen LogP contribution in [0.4, 0.5) is 10.1 Å². The summed E-state index contributed by atoms with van der Waals surface area (Å²) in [5.41, 5.74) is 2.06. The summed E-state index contributed by atoms with van der Waals surface area (Å²) in [6.07, 6.45) is 6.48. The zero-order valence-corrected chi connectivity index (χ0v) is 19.6. The number of rotatable bonds is 8. The van der Waals surface area contributed by atoms with E-state index in [-0.39, 0.29) is 10.0 Å². The van der Waals surface area contributed by atoms with Crippen molar-refractivity contribution in [3.8, 4) is 0 Å². The molecule has 1 aromatic heterocycles. The maximum Gasteiger partial charge on any atom is 0.271 e. The fraction of sp³-hybridized carbons (Fsp3) is 0.417. The third kappa shape index (κ3) is 5.10. The van der Waals surface area contributed by atoms with Gasteiger partial charge in [0.2, 0.25) is 0 Å². The lowest BCUT2D eigenvalue weighted by atomic mass is 9.99. The van der Waals surface area contributed by atoms with Gasteiger partial charge in [0, 0.05) is 17.3 Å². The van der Waals surface area contributed by atoms with Crippen LogP contribution in [-0.4, -0.2) is 14.5 Å². The van der Waals surface area contributed by atoms with E-state index in [4.69, 9.17) is 0 Å². The summed E-state index contributed by atoms with van der Waals surface area (Å²) >= 11 is 1.17. The van der Waals surface area contributed by atoms with Crippen LogP contribution >= 0.6 is 11.3 Å². The Morgan fingerprint density at radius 2 is 1.90 bits per heavy atom. The average Bonchev–Trinajstić information content (AvgIpc) is 3.35. The van der Waals surface area contributed by atoms with Gasteiger partial charge in [0.15, 0.2) is 0 Å². The van der Waals surface area contributed by atoms with Crippen molar-refractivity contribution in [1.82, 2.24) is 5.32 Å². The van der Waals surface area contributed by atoms with Crippen LogP contribution in [0, 0.1) is 18.7 Å². The molecule has 0 spiro atoms. The number of thiophene rings is 1. The lowest BCUT2D eigenvalue weighted by Gasteiger charge is -2.19. The molecule has 3 aromatic rings. The largest absolute Gasteiger partial charge is 0.310 e. The number of halogens is 1. The van der Waals surface area contributed by atoms with Gasteiger partial charge >= 0.3 is 0 Å². The van der Waals surface area contributed by atoms with Gasteiger partial charge in [-0.25, -0.2) is 12.8 Å². The summed E-state index contributed by atoms with van der Waals surface area (Å²) < 4.78 is 43.7. The van der Waals surface area contributed by atoms with Crippen molar-refractivity contribution < 1.29 is 12.8 Å². The van der Waals surface area contributed by atoms with Gasteiger partial charge in [-0.1, -0.05) is 43.9 Å². The molecule has 7 heteroatoms. The summed E-state index contributed by atoms with van der Waals surface area (Å²) in [6.45, 7) is 4.53. The molecule has 1 saturated carbocycles. The van der Waals surface area contributed by atoms with Gasteiger partial charge in [-0.05, 0) is 67.0 Å². The van der Waals surface area contributed by atoms with E-state index in [1.165, 1.54) is 49.2 Å². The predicted octanol–water partition coefficient (Wildman–Crippen LogP) is 6.21. The van der Waals surface area contributed by atoms with E-state index in [0.717, 1.165) is 22.6 Å². The molecule has 166 valence electrons. The van der Waals surface area contributed by atoms with Crippen LogP contribution in [0.15, 0.2) is 46.7 Å². The molecule has 4 nitrogen and oxygen atoms in total. The van der Waals surface area contributed by atoms with Crippen molar-refractivity contribution in [2.75, 3.05) is 4.72 Å². The Balaban J connectivity index is 1.51. The molecule has 31 heavy (non-hydrogen) atoms. The van der Waals surface area contributed by atoms with Gasteiger partial charge in [0.1, 0.15) is 10.0 Å². The number of hydrogen-bond acceptors (Lipinski definition) is 4. The van der Waals surface area contributed by atoms with Gasteiger partial charge in [-0.2, -0.15) is 0 Å². The molecule has 0 radical (unpaired) electrons. The molecule has 0 amide bonds. The van der Waals surface area contributed by atoms with Crippen LogP contribution in [0.3, 0.4) is 0 Å². The average molecular weight is 461 g/mol. The van der Waals surface area contributed by atoms with E-state index in [2.05, 4.69) is 17.0 Å². The molecule has 1 heterocycles. The molecule has 1 aliphatic rings. The van der Waals surface area contributed by atoms with Crippen LogP contribution in [0.5, 0.6) is 0 Å². The number of fused-ring (bicyclic) bond motifs is 1. The fourth-order valence-electron chi connectivity index (χ4n) is 4.51. The molecule has 2 N–H and O–H groups in total.